The quantitative estimate of drug-likeness (QED) is 0.171. The summed E-state index contributed by atoms with van der Waals surface area (Å²) in [6.07, 6.45) is 8.60. The minimum atomic E-state index is 0.0401. The smallest absolute Gasteiger partial charge is 0.128 e. The third-order valence-electron chi connectivity index (χ3n) is 9.42. The van der Waals surface area contributed by atoms with Gasteiger partial charge in [-0.3, -0.25) is 0 Å². The van der Waals surface area contributed by atoms with Crippen molar-refractivity contribution in [3.8, 4) is 38.4 Å². The number of hydrogen-bond acceptors (Lipinski definition) is 2. The van der Waals surface area contributed by atoms with Gasteiger partial charge in [0.2, 0.25) is 0 Å². The van der Waals surface area contributed by atoms with Crippen LogP contribution in [0.2, 0.25) is 0 Å². The zero-order chi connectivity index (χ0) is 31.1. The standard InChI is InChI=1S/C40H22B4OS/c41-26-14-16-28(43)39-35(40-29(44)17-15-27(42)38(40)34(37(26)39)21-7-2-1-3-8-21)22-13-18-32-23(19-22)20-33(46-32)25-10-6-12-31-36(25)24-9-4-5-11-30(24)45-31/h1-20,24,30H. The molecule has 1 aliphatic carbocycles. The first-order chi connectivity index (χ1) is 22.5. The van der Waals surface area contributed by atoms with E-state index < -0.39 is 0 Å². The normalized spacial score (nSPS) is 16.6. The molecule has 1 aromatic heterocycles. The molecule has 0 fully saturated rings. The van der Waals surface area contributed by atoms with Gasteiger partial charge in [0.05, 0.1) is 0 Å². The first-order valence-corrected chi connectivity index (χ1v) is 16.1. The lowest BCUT2D eigenvalue weighted by atomic mass is 9.71. The van der Waals surface area contributed by atoms with E-state index in [1.165, 1.54) is 20.7 Å². The van der Waals surface area contributed by atoms with Gasteiger partial charge < -0.3 is 4.74 Å². The zero-order valence-corrected chi connectivity index (χ0v) is 25.6. The SMILES string of the molecule is [B]c1ccc([B])c2c(-c3ccc4sc(-c5cccc6c5C5C=CC=CC5O6)cc4c3)c3c([B])ccc([B])c3c(-c3ccccc3)c12. The van der Waals surface area contributed by atoms with Crippen molar-refractivity contribution in [3.05, 3.63) is 127 Å². The van der Waals surface area contributed by atoms with E-state index in [1.807, 2.05) is 42.5 Å². The summed E-state index contributed by atoms with van der Waals surface area (Å²) < 4.78 is 7.51. The van der Waals surface area contributed by atoms with Gasteiger partial charge >= 0.3 is 0 Å². The molecule has 0 spiro atoms. The molecular formula is C40H22B4OS. The van der Waals surface area contributed by atoms with Crippen LogP contribution in [0.25, 0.3) is 64.3 Å². The number of ether oxygens (including phenoxy) is 1. The molecule has 6 aromatic carbocycles. The zero-order valence-electron chi connectivity index (χ0n) is 24.8. The monoisotopic (exact) mass is 594 g/mol. The van der Waals surface area contributed by atoms with Gasteiger partial charge in [-0.25, -0.2) is 0 Å². The molecule has 1 aliphatic heterocycles. The van der Waals surface area contributed by atoms with E-state index in [0.717, 1.165) is 54.9 Å². The number of rotatable bonds is 3. The fourth-order valence-electron chi connectivity index (χ4n) is 7.42. The topological polar surface area (TPSA) is 9.23 Å². The minimum absolute atomic E-state index is 0.0401. The fourth-order valence-corrected chi connectivity index (χ4v) is 8.51. The fraction of sp³-hybridized carbons (Fsp3) is 0.0500. The summed E-state index contributed by atoms with van der Waals surface area (Å²) in [5.41, 5.74) is 8.88. The lowest BCUT2D eigenvalue weighted by Crippen LogP contribution is -2.20. The Morgan fingerprint density at radius 1 is 0.565 bits per heavy atom. The Morgan fingerprint density at radius 2 is 1.20 bits per heavy atom. The maximum Gasteiger partial charge on any atom is 0.128 e. The van der Waals surface area contributed by atoms with E-state index in [9.17, 15) is 0 Å². The van der Waals surface area contributed by atoms with Crippen molar-refractivity contribution in [1.29, 1.82) is 0 Å². The van der Waals surface area contributed by atoms with Crippen LogP contribution in [0.15, 0.2) is 121 Å². The summed E-state index contributed by atoms with van der Waals surface area (Å²) in [6, 6.07) is 32.9. The molecule has 0 saturated heterocycles. The van der Waals surface area contributed by atoms with Crippen LogP contribution in [-0.2, 0) is 0 Å². The number of allylic oxidation sites excluding steroid dienone is 2. The van der Waals surface area contributed by atoms with Crippen molar-refractivity contribution < 1.29 is 4.74 Å². The largest absolute Gasteiger partial charge is 0.485 e. The Balaban J connectivity index is 1.31. The third-order valence-corrected chi connectivity index (χ3v) is 10.6. The predicted molar refractivity (Wildman–Crippen MR) is 200 cm³/mol. The van der Waals surface area contributed by atoms with Crippen LogP contribution in [0.3, 0.4) is 0 Å². The molecule has 0 saturated carbocycles. The third kappa shape index (κ3) is 4.06. The van der Waals surface area contributed by atoms with E-state index in [1.54, 1.807) is 11.3 Å². The molecule has 2 heterocycles. The van der Waals surface area contributed by atoms with Gasteiger partial charge in [0.1, 0.15) is 43.2 Å². The highest BCUT2D eigenvalue weighted by Gasteiger charge is 2.34. The van der Waals surface area contributed by atoms with Crippen LogP contribution in [-0.4, -0.2) is 37.5 Å². The second-order valence-electron chi connectivity index (χ2n) is 12.1. The average Bonchev–Trinajstić information content (AvgIpc) is 3.69. The van der Waals surface area contributed by atoms with Crippen LogP contribution in [0, 0.1) is 0 Å². The Bertz CT molecular complexity index is 2390. The van der Waals surface area contributed by atoms with Crippen molar-refractivity contribution in [2.24, 2.45) is 0 Å². The van der Waals surface area contributed by atoms with Crippen LogP contribution >= 0.6 is 11.3 Å². The Morgan fingerprint density at radius 3 is 1.87 bits per heavy atom. The molecule has 206 valence electrons. The molecule has 0 bridgehead atoms. The maximum absolute atomic E-state index is 6.84. The molecule has 2 unspecified atom stereocenters. The summed E-state index contributed by atoms with van der Waals surface area (Å²) in [5, 5.41) is 4.64. The van der Waals surface area contributed by atoms with E-state index in [2.05, 4.69) is 78.9 Å². The highest BCUT2D eigenvalue weighted by Crippen LogP contribution is 2.49. The molecule has 2 aliphatic rings. The molecule has 8 radical (unpaired) electrons. The molecule has 7 aromatic rings. The average molecular weight is 594 g/mol. The molecule has 0 N–H and O–H groups in total. The first kappa shape index (κ1) is 27.6. The van der Waals surface area contributed by atoms with Gasteiger partial charge in [0, 0.05) is 21.1 Å². The van der Waals surface area contributed by atoms with Crippen molar-refractivity contribution in [3.63, 3.8) is 0 Å². The minimum Gasteiger partial charge on any atom is -0.485 e. The van der Waals surface area contributed by atoms with Gasteiger partial charge in [0.15, 0.2) is 0 Å². The van der Waals surface area contributed by atoms with Crippen LogP contribution in [0.4, 0.5) is 0 Å². The number of hydrogen-bond donors (Lipinski definition) is 0. The molecule has 6 heteroatoms. The number of benzene rings is 6. The lowest BCUT2D eigenvalue weighted by molar-refractivity contribution is 0.269. The van der Waals surface area contributed by atoms with Gasteiger partial charge in [-0.1, -0.05) is 113 Å². The second kappa shape index (κ2) is 10.4. The van der Waals surface area contributed by atoms with Crippen LogP contribution in [0.5, 0.6) is 5.75 Å². The summed E-state index contributed by atoms with van der Waals surface area (Å²) in [6.45, 7) is 0. The van der Waals surface area contributed by atoms with Crippen molar-refractivity contribution in [2.45, 2.75) is 12.0 Å². The van der Waals surface area contributed by atoms with E-state index in [0.29, 0.717) is 21.9 Å². The predicted octanol–water partition coefficient (Wildman–Crippen LogP) is 6.35. The second-order valence-corrected chi connectivity index (χ2v) is 13.1. The first-order valence-electron chi connectivity index (χ1n) is 15.3. The van der Waals surface area contributed by atoms with Crippen molar-refractivity contribution >= 4 is 96.2 Å². The summed E-state index contributed by atoms with van der Waals surface area (Å²) in [4.78, 5) is 1.21. The van der Waals surface area contributed by atoms with Gasteiger partial charge in [-0.05, 0) is 85.1 Å². The number of fused-ring (bicyclic) bond motifs is 6. The van der Waals surface area contributed by atoms with Gasteiger partial charge in [0.25, 0.3) is 0 Å². The van der Waals surface area contributed by atoms with Crippen molar-refractivity contribution in [1.82, 2.24) is 0 Å². The van der Waals surface area contributed by atoms with Crippen LogP contribution < -0.4 is 26.6 Å². The summed E-state index contributed by atoms with van der Waals surface area (Å²) in [5.74, 6) is 1.17. The Hall–Kier alpha value is -4.66. The molecule has 1 nitrogen and oxygen atoms in total. The number of thiophene rings is 1. The lowest BCUT2D eigenvalue weighted by Gasteiger charge is -2.24. The van der Waals surface area contributed by atoms with E-state index in [4.69, 9.17) is 36.1 Å². The molecule has 9 rings (SSSR count). The molecule has 46 heavy (non-hydrogen) atoms. The molecule has 0 amide bonds. The van der Waals surface area contributed by atoms with Crippen LogP contribution in [0.1, 0.15) is 11.5 Å². The highest BCUT2D eigenvalue weighted by atomic mass is 32.1. The summed E-state index contributed by atoms with van der Waals surface area (Å²) >= 11 is 1.79. The Kier molecular flexibility index (Phi) is 6.27. The Labute approximate surface area is 277 Å². The maximum atomic E-state index is 6.84. The van der Waals surface area contributed by atoms with Gasteiger partial charge in [-0.15, -0.1) is 11.3 Å². The van der Waals surface area contributed by atoms with E-state index >= 15 is 0 Å². The molecule has 2 atom stereocenters. The highest BCUT2D eigenvalue weighted by molar-refractivity contribution is 7.22. The molecular weight excluding hydrogens is 572 g/mol. The van der Waals surface area contributed by atoms with E-state index in [-0.39, 0.29) is 12.0 Å². The summed E-state index contributed by atoms with van der Waals surface area (Å²) in [7, 11) is 27.3. The van der Waals surface area contributed by atoms with Crippen molar-refractivity contribution in [2.75, 3.05) is 0 Å². The van der Waals surface area contributed by atoms with Gasteiger partial charge in [-0.2, -0.15) is 0 Å².